The van der Waals surface area contributed by atoms with Gasteiger partial charge in [0, 0.05) is 17.7 Å². The van der Waals surface area contributed by atoms with Gasteiger partial charge >= 0.3 is 0 Å². The summed E-state index contributed by atoms with van der Waals surface area (Å²) in [5, 5.41) is 41.5. The summed E-state index contributed by atoms with van der Waals surface area (Å²) >= 11 is 0. The molecule has 1 heterocycles. The zero-order valence-corrected chi connectivity index (χ0v) is 24.0. The summed E-state index contributed by atoms with van der Waals surface area (Å²) in [7, 11) is 0. The molecule has 0 saturated heterocycles. The first kappa shape index (κ1) is 29.8. The molecule has 0 saturated carbocycles. The van der Waals surface area contributed by atoms with Gasteiger partial charge in [0.1, 0.15) is 36.2 Å². The van der Waals surface area contributed by atoms with Gasteiger partial charge in [-0.15, -0.1) is 0 Å². The molecule has 9 nitrogen and oxygen atoms in total. The van der Waals surface area contributed by atoms with Gasteiger partial charge in [0.15, 0.2) is 17.5 Å². The molecule has 41 heavy (non-hydrogen) atoms. The number of aliphatic hydroxyl groups excluding tert-OH is 2. The summed E-state index contributed by atoms with van der Waals surface area (Å²) in [5.74, 6) is 1.43. The number of aromatic hydroxyl groups is 2. The lowest BCUT2D eigenvalue weighted by molar-refractivity contribution is 0.104. The number of hydrogen-bond acceptors (Lipinski definition) is 9. The minimum atomic E-state index is -0.604. The van der Waals surface area contributed by atoms with Gasteiger partial charge in [-0.05, 0) is 69.0 Å². The lowest BCUT2D eigenvalue weighted by Crippen LogP contribution is -2.15. The molecule has 3 aromatic carbocycles. The predicted molar refractivity (Wildman–Crippen MR) is 157 cm³/mol. The Morgan fingerprint density at radius 2 is 1.05 bits per heavy atom. The molecule has 4 N–H and O–H groups in total. The molecule has 0 aliphatic rings. The molecule has 0 bridgehead atoms. The summed E-state index contributed by atoms with van der Waals surface area (Å²) in [6, 6.07) is 13.7. The number of rotatable bonds is 11. The number of phenolic OH excluding ortho intramolecular Hbond substituents is 2. The second kappa shape index (κ2) is 13.0. The van der Waals surface area contributed by atoms with Gasteiger partial charge in [-0.1, -0.05) is 31.5 Å². The van der Waals surface area contributed by atoms with Crippen molar-refractivity contribution in [1.82, 2.24) is 15.0 Å². The number of aliphatic hydroxyl groups is 2. The topological polar surface area (TPSA) is 138 Å². The standard InChI is InChI=1S/C32H37N3O6/c1-6-21(36)16-40-23-8-10-25(27(38)14-23)30-33-31(26-11-9-24(15-28(26)39)41-17-22(37)7-2)35-32(34-30)29-19(4)12-18(3)13-20(29)5/h8-15,21-22,36-39H,6-7,16-17H2,1-5H3. The maximum absolute atomic E-state index is 10.9. The third kappa shape index (κ3) is 7.11. The van der Waals surface area contributed by atoms with E-state index in [0.29, 0.717) is 41.3 Å². The van der Waals surface area contributed by atoms with Crippen molar-refractivity contribution < 1.29 is 29.9 Å². The molecule has 0 fully saturated rings. The van der Waals surface area contributed by atoms with Gasteiger partial charge in [0.25, 0.3) is 0 Å². The number of benzene rings is 3. The maximum atomic E-state index is 10.9. The van der Waals surface area contributed by atoms with Crippen LogP contribution in [-0.2, 0) is 0 Å². The van der Waals surface area contributed by atoms with Crippen LogP contribution in [0.4, 0.5) is 0 Å². The zero-order valence-electron chi connectivity index (χ0n) is 24.0. The van der Waals surface area contributed by atoms with Crippen molar-refractivity contribution in [2.75, 3.05) is 13.2 Å². The third-order valence-electron chi connectivity index (χ3n) is 6.78. The lowest BCUT2D eigenvalue weighted by Gasteiger charge is -2.15. The minimum Gasteiger partial charge on any atom is -0.507 e. The van der Waals surface area contributed by atoms with Gasteiger partial charge < -0.3 is 29.9 Å². The Morgan fingerprint density at radius 1 is 0.634 bits per heavy atom. The quantitative estimate of drug-likeness (QED) is 0.187. The van der Waals surface area contributed by atoms with Crippen molar-refractivity contribution >= 4 is 0 Å². The third-order valence-corrected chi connectivity index (χ3v) is 6.78. The van der Waals surface area contributed by atoms with E-state index in [9.17, 15) is 20.4 Å². The highest BCUT2D eigenvalue weighted by molar-refractivity contribution is 5.74. The Balaban J connectivity index is 1.80. The van der Waals surface area contributed by atoms with E-state index in [1.165, 1.54) is 12.1 Å². The van der Waals surface area contributed by atoms with E-state index in [0.717, 1.165) is 22.3 Å². The van der Waals surface area contributed by atoms with E-state index >= 15 is 0 Å². The van der Waals surface area contributed by atoms with Gasteiger partial charge in [0.05, 0.1) is 23.3 Å². The summed E-state index contributed by atoms with van der Waals surface area (Å²) in [4.78, 5) is 14.1. The van der Waals surface area contributed by atoms with E-state index in [2.05, 4.69) is 4.98 Å². The molecular weight excluding hydrogens is 522 g/mol. The van der Waals surface area contributed by atoms with Crippen LogP contribution in [0.25, 0.3) is 34.2 Å². The number of aryl methyl sites for hydroxylation is 3. The Labute approximate surface area is 240 Å². The van der Waals surface area contributed by atoms with E-state index < -0.39 is 12.2 Å². The van der Waals surface area contributed by atoms with Gasteiger partial charge in [-0.25, -0.2) is 15.0 Å². The van der Waals surface area contributed by atoms with Crippen LogP contribution in [0.5, 0.6) is 23.0 Å². The first-order valence-electron chi connectivity index (χ1n) is 13.7. The largest absolute Gasteiger partial charge is 0.507 e. The smallest absolute Gasteiger partial charge is 0.167 e. The second-order valence-corrected chi connectivity index (χ2v) is 10.2. The highest BCUT2D eigenvalue weighted by Gasteiger charge is 2.20. The Kier molecular flexibility index (Phi) is 9.42. The number of hydrogen-bond donors (Lipinski definition) is 4. The Morgan fingerprint density at radius 3 is 1.44 bits per heavy atom. The molecule has 216 valence electrons. The SMILES string of the molecule is CCC(O)COc1ccc(-c2nc(-c3ccc(OCC(O)CC)cc3O)nc(-c3c(C)cc(C)cc3C)n2)c(O)c1. The number of nitrogens with zero attached hydrogens (tertiary/aromatic N) is 3. The molecule has 0 spiro atoms. The lowest BCUT2D eigenvalue weighted by atomic mass is 9.99. The van der Waals surface area contributed by atoms with Crippen LogP contribution < -0.4 is 9.47 Å². The summed E-state index contributed by atoms with van der Waals surface area (Å²) in [6.45, 7) is 9.93. The molecule has 0 aliphatic carbocycles. The first-order valence-corrected chi connectivity index (χ1v) is 13.7. The van der Waals surface area contributed by atoms with Gasteiger partial charge in [0.2, 0.25) is 0 Å². The number of aromatic nitrogens is 3. The number of phenols is 2. The van der Waals surface area contributed by atoms with Crippen molar-refractivity contribution in [3.05, 3.63) is 65.2 Å². The van der Waals surface area contributed by atoms with E-state index in [1.54, 1.807) is 24.3 Å². The molecular formula is C32H37N3O6. The van der Waals surface area contributed by atoms with Crippen molar-refractivity contribution in [2.45, 2.75) is 59.7 Å². The van der Waals surface area contributed by atoms with Crippen LogP contribution in [0.15, 0.2) is 48.5 Å². The second-order valence-electron chi connectivity index (χ2n) is 10.2. The minimum absolute atomic E-state index is 0.101. The highest BCUT2D eigenvalue weighted by Crippen LogP contribution is 2.36. The van der Waals surface area contributed by atoms with Crippen LogP contribution >= 0.6 is 0 Å². The molecule has 1 aromatic heterocycles. The summed E-state index contributed by atoms with van der Waals surface area (Å²) < 4.78 is 11.2. The fraction of sp³-hybridized carbons (Fsp3) is 0.344. The predicted octanol–water partition coefficient (Wildman–Crippen LogP) is 5.51. The summed E-state index contributed by atoms with van der Waals surface area (Å²) in [6.07, 6.45) is -0.0990. The maximum Gasteiger partial charge on any atom is 0.167 e. The van der Waals surface area contributed by atoms with E-state index in [1.807, 2.05) is 46.8 Å². The highest BCUT2D eigenvalue weighted by atomic mass is 16.5. The van der Waals surface area contributed by atoms with Crippen molar-refractivity contribution in [3.8, 4) is 57.2 Å². The van der Waals surface area contributed by atoms with Crippen LogP contribution in [0.1, 0.15) is 43.4 Å². The molecule has 4 rings (SSSR count). The van der Waals surface area contributed by atoms with Crippen molar-refractivity contribution in [3.63, 3.8) is 0 Å². The van der Waals surface area contributed by atoms with Crippen LogP contribution in [0, 0.1) is 20.8 Å². The average molecular weight is 560 g/mol. The van der Waals surface area contributed by atoms with Crippen molar-refractivity contribution in [2.24, 2.45) is 0 Å². The zero-order chi connectivity index (χ0) is 29.7. The summed E-state index contributed by atoms with van der Waals surface area (Å²) in [5.41, 5.74) is 4.62. The average Bonchev–Trinajstić information content (AvgIpc) is 2.94. The Hall–Kier alpha value is -4.21. The molecule has 0 amide bonds. The number of ether oxygens (including phenoxy) is 2. The van der Waals surface area contributed by atoms with Crippen LogP contribution in [0.2, 0.25) is 0 Å². The molecule has 0 aliphatic heterocycles. The first-order chi connectivity index (χ1) is 19.6. The molecule has 2 atom stereocenters. The normalized spacial score (nSPS) is 12.7. The van der Waals surface area contributed by atoms with Crippen molar-refractivity contribution in [1.29, 1.82) is 0 Å². The van der Waals surface area contributed by atoms with E-state index in [4.69, 9.17) is 19.4 Å². The van der Waals surface area contributed by atoms with Crippen LogP contribution in [0.3, 0.4) is 0 Å². The van der Waals surface area contributed by atoms with E-state index in [-0.39, 0.29) is 36.4 Å². The fourth-order valence-electron chi connectivity index (χ4n) is 4.46. The van der Waals surface area contributed by atoms with Gasteiger partial charge in [-0.2, -0.15) is 0 Å². The fourth-order valence-corrected chi connectivity index (χ4v) is 4.46. The monoisotopic (exact) mass is 559 g/mol. The Bertz CT molecular complexity index is 1420. The van der Waals surface area contributed by atoms with Crippen LogP contribution in [-0.4, -0.2) is 60.8 Å². The molecule has 0 radical (unpaired) electrons. The molecule has 2 unspecified atom stereocenters. The molecule has 4 aromatic rings. The molecule has 9 heteroatoms. The van der Waals surface area contributed by atoms with Gasteiger partial charge in [-0.3, -0.25) is 0 Å².